The minimum atomic E-state index is -0.565. The number of thiophene rings is 1. The van der Waals surface area contributed by atoms with E-state index in [-0.39, 0.29) is 11.9 Å². The molecule has 3 nitrogen and oxygen atoms in total. The van der Waals surface area contributed by atoms with Crippen LogP contribution in [0.4, 0.5) is 4.39 Å². The van der Waals surface area contributed by atoms with E-state index in [0.29, 0.717) is 17.7 Å². The molecular formula is C14H14ClFN2OS. The molecule has 0 aliphatic heterocycles. The topological polar surface area (TPSA) is 55.1 Å². The molecule has 0 radical (unpaired) electrons. The Bertz CT molecular complexity index is 629. The monoisotopic (exact) mass is 312 g/mol. The second kappa shape index (κ2) is 6.35. The van der Waals surface area contributed by atoms with Crippen LogP contribution in [0.5, 0.6) is 0 Å². The summed E-state index contributed by atoms with van der Waals surface area (Å²) in [5.74, 6) is -0.928. The van der Waals surface area contributed by atoms with Crippen molar-refractivity contribution in [3.63, 3.8) is 0 Å². The van der Waals surface area contributed by atoms with E-state index in [4.69, 9.17) is 17.3 Å². The largest absolute Gasteiger partial charge is 0.366 e. The van der Waals surface area contributed by atoms with Gasteiger partial charge in [0, 0.05) is 28.6 Å². The van der Waals surface area contributed by atoms with Crippen LogP contribution in [0.15, 0.2) is 30.3 Å². The van der Waals surface area contributed by atoms with Gasteiger partial charge >= 0.3 is 0 Å². The van der Waals surface area contributed by atoms with Crippen molar-refractivity contribution in [3.8, 4) is 0 Å². The zero-order valence-electron chi connectivity index (χ0n) is 10.8. The van der Waals surface area contributed by atoms with E-state index in [1.54, 1.807) is 0 Å². The van der Waals surface area contributed by atoms with Crippen molar-refractivity contribution in [2.75, 3.05) is 0 Å². The molecule has 20 heavy (non-hydrogen) atoms. The first-order valence-electron chi connectivity index (χ1n) is 6.04. The van der Waals surface area contributed by atoms with Crippen molar-refractivity contribution < 1.29 is 9.18 Å². The van der Waals surface area contributed by atoms with Gasteiger partial charge in [-0.2, -0.15) is 0 Å². The zero-order chi connectivity index (χ0) is 14.7. The Labute approximate surface area is 125 Å². The van der Waals surface area contributed by atoms with Crippen LogP contribution in [-0.4, -0.2) is 5.91 Å². The molecule has 0 bridgehead atoms. The summed E-state index contributed by atoms with van der Waals surface area (Å²) < 4.78 is 14.4. The molecule has 1 amide bonds. The van der Waals surface area contributed by atoms with Crippen molar-refractivity contribution in [1.82, 2.24) is 5.32 Å². The molecule has 106 valence electrons. The lowest BCUT2D eigenvalue weighted by molar-refractivity contribution is 0.1000. The van der Waals surface area contributed by atoms with Gasteiger partial charge in [-0.25, -0.2) is 4.39 Å². The Morgan fingerprint density at radius 2 is 2.20 bits per heavy atom. The number of halogens is 2. The maximum Gasteiger partial charge on any atom is 0.248 e. The van der Waals surface area contributed by atoms with Crippen LogP contribution >= 0.6 is 22.9 Å². The lowest BCUT2D eigenvalue weighted by Gasteiger charge is -2.13. The molecule has 3 N–H and O–H groups in total. The molecule has 0 saturated heterocycles. The quantitative estimate of drug-likeness (QED) is 0.888. The van der Waals surface area contributed by atoms with Crippen molar-refractivity contribution >= 4 is 28.8 Å². The molecule has 2 rings (SSSR count). The number of nitrogens with one attached hydrogen (secondary N) is 1. The van der Waals surface area contributed by atoms with Crippen LogP contribution in [0.3, 0.4) is 0 Å². The van der Waals surface area contributed by atoms with Crippen molar-refractivity contribution in [3.05, 3.63) is 56.5 Å². The standard InChI is InChI=1S/C14H14ClFN2OS/c1-8(12-4-5-13(15)20-12)18-7-10-6-9(14(17)19)2-3-11(10)16/h2-6,8,18H,7H2,1H3,(H2,17,19). The second-order valence-corrected chi connectivity index (χ2v) is 6.16. The SMILES string of the molecule is CC(NCc1cc(C(N)=O)ccc1F)c1ccc(Cl)s1. The molecule has 0 aliphatic rings. The number of carbonyl (C=O) groups excluding carboxylic acids is 1. The van der Waals surface area contributed by atoms with Gasteiger partial charge in [0.05, 0.1) is 4.34 Å². The van der Waals surface area contributed by atoms with Crippen LogP contribution in [0.25, 0.3) is 0 Å². The van der Waals surface area contributed by atoms with Crippen LogP contribution < -0.4 is 11.1 Å². The van der Waals surface area contributed by atoms with E-state index < -0.39 is 5.91 Å². The number of rotatable bonds is 5. The minimum Gasteiger partial charge on any atom is -0.366 e. The van der Waals surface area contributed by atoms with E-state index >= 15 is 0 Å². The molecule has 0 aliphatic carbocycles. The highest BCUT2D eigenvalue weighted by molar-refractivity contribution is 7.16. The van der Waals surface area contributed by atoms with Gasteiger partial charge in [-0.3, -0.25) is 4.79 Å². The third-order valence-corrected chi connectivity index (χ3v) is 4.36. The summed E-state index contributed by atoms with van der Waals surface area (Å²) in [6.07, 6.45) is 0. The fraction of sp³-hybridized carbons (Fsp3) is 0.214. The number of benzene rings is 1. The second-order valence-electron chi connectivity index (χ2n) is 4.41. The van der Waals surface area contributed by atoms with E-state index in [0.717, 1.165) is 9.21 Å². The average molecular weight is 313 g/mol. The van der Waals surface area contributed by atoms with Gasteiger partial charge in [-0.1, -0.05) is 11.6 Å². The molecule has 0 saturated carbocycles. The maximum absolute atomic E-state index is 13.7. The first-order chi connectivity index (χ1) is 9.47. The van der Waals surface area contributed by atoms with Crippen molar-refractivity contribution in [2.45, 2.75) is 19.5 Å². The summed E-state index contributed by atoms with van der Waals surface area (Å²) in [5.41, 5.74) is 5.90. The van der Waals surface area contributed by atoms with Crippen LogP contribution in [-0.2, 0) is 6.54 Å². The van der Waals surface area contributed by atoms with Crippen molar-refractivity contribution in [2.24, 2.45) is 5.73 Å². The number of carbonyl (C=O) groups is 1. The fourth-order valence-electron chi connectivity index (χ4n) is 1.79. The molecule has 1 atom stereocenters. The van der Waals surface area contributed by atoms with Gasteiger partial charge < -0.3 is 11.1 Å². The lowest BCUT2D eigenvalue weighted by Crippen LogP contribution is -2.19. The van der Waals surface area contributed by atoms with Gasteiger partial charge in [0.15, 0.2) is 0 Å². The number of hydrogen-bond acceptors (Lipinski definition) is 3. The summed E-state index contributed by atoms with van der Waals surface area (Å²) >= 11 is 7.36. The lowest BCUT2D eigenvalue weighted by atomic mass is 10.1. The molecule has 0 fully saturated rings. The summed E-state index contributed by atoms with van der Waals surface area (Å²) in [5, 5.41) is 3.20. The molecule has 2 aromatic rings. The Morgan fingerprint density at radius 3 is 2.80 bits per heavy atom. The Kier molecular flexibility index (Phi) is 4.75. The van der Waals surface area contributed by atoms with Crippen molar-refractivity contribution in [1.29, 1.82) is 0 Å². The van der Waals surface area contributed by atoms with E-state index in [1.807, 2.05) is 19.1 Å². The van der Waals surface area contributed by atoms with Gasteiger partial charge in [-0.15, -0.1) is 11.3 Å². The number of hydrogen-bond donors (Lipinski definition) is 2. The molecule has 1 aromatic carbocycles. The minimum absolute atomic E-state index is 0.0455. The third kappa shape index (κ3) is 3.56. The molecule has 1 heterocycles. The third-order valence-electron chi connectivity index (χ3n) is 2.95. The maximum atomic E-state index is 13.7. The van der Waals surface area contributed by atoms with E-state index in [1.165, 1.54) is 29.5 Å². The van der Waals surface area contributed by atoms with Crippen LogP contribution in [0.1, 0.15) is 33.8 Å². The van der Waals surface area contributed by atoms with Gasteiger partial charge in [0.2, 0.25) is 5.91 Å². The van der Waals surface area contributed by atoms with E-state index in [2.05, 4.69) is 5.32 Å². The highest BCUT2D eigenvalue weighted by Crippen LogP contribution is 2.26. The van der Waals surface area contributed by atoms with Gasteiger partial charge in [0.25, 0.3) is 0 Å². The molecule has 1 aromatic heterocycles. The van der Waals surface area contributed by atoms with Crippen LogP contribution in [0, 0.1) is 5.82 Å². The smallest absolute Gasteiger partial charge is 0.248 e. The molecule has 0 spiro atoms. The summed E-state index contributed by atoms with van der Waals surface area (Å²) in [4.78, 5) is 12.2. The Morgan fingerprint density at radius 1 is 1.45 bits per heavy atom. The number of amides is 1. The normalized spacial score (nSPS) is 12.3. The summed E-state index contributed by atoms with van der Waals surface area (Å²) in [7, 11) is 0. The summed E-state index contributed by atoms with van der Waals surface area (Å²) in [6, 6.07) is 7.91. The highest BCUT2D eigenvalue weighted by Gasteiger charge is 2.11. The first kappa shape index (κ1) is 15.0. The van der Waals surface area contributed by atoms with Gasteiger partial charge in [0.1, 0.15) is 5.82 Å². The van der Waals surface area contributed by atoms with Crippen LogP contribution in [0.2, 0.25) is 4.34 Å². The highest BCUT2D eigenvalue weighted by atomic mass is 35.5. The molecule has 6 heteroatoms. The first-order valence-corrected chi connectivity index (χ1v) is 7.23. The Hall–Kier alpha value is -1.43. The fourth-order valence-corrected chi connectivity index (χ4v) is 2.88. The predicted molar refractivity (Wildman–Crippen MR) is 79.5 cm³/mol. The zero-order valence-corrected chi connectivity index (χ0v) is 12.4. The Balaban J connectivity index is 2.06. The number of primary amides is 1. The predicted octanol–water partition coefficient (Wildman–Crippen LogP) is 3.49. The van der Waals surface area contributed by atoms with E-state index in [9.17, 15) is 9.18 Å². The number of nitrogens with two attached hydrogens (primary N) is 1. The molecular weight excluding hydrogens is 299 g/mol. The average Bonchev–Trinajstić information content (AvgIpc) is 2.84. The van der Waals surface area contributed by atoms with Gasteiger partial charge in [-0.05, 0) is 37.3 Å². The molecule has 1 unspecified atom stereocenters. The summed E-state index contributed by atoms with van der Waals surface area (Å²) in [6.45, 7) is 2.28.